The van der Waals surface area contributed by atoms with Gasteiger partial charge in [0.2, 0.25) is 5.91 Å². The molecule has 1 fully saturated rings. The normalized spacial score (nSPS) is 14.4. The molecule has 0 aromatic rings. The number of piperazine rings is 1. The van der Waals surface area contributed by atoms with Crippen molar-refractivity contribution < 1.29 is 9.59 Å². The van der Waals surface area contributed by atoms with Crippen LogP contribution in [0.1, 0.15) is 116 Å². The quantitative estimate of drug-likeness (QED) is 0.226. The van der Waals surface area contributed by atoms with E-state index in [0.29, 0.717) is 19.5 Å². The Balaban J connectivity index is 1.78. The van der Waals surface area contributed by atoms with Gasteiger partial charge in [-0.25, -0.2) is 4.79 Å². The van der Waals surface area contributed by atoms with Crippen LogP contribution in [0.2, 0.25) is 0 Å². The molecule has 1 heterocycles. The minimum Gasteiger partial charge on any atom is -0.356 e. The molecule has 194 valence electrons. The molecular weight excluding hydrogens is 412 g/mol. The summed E-state index contributed by atoms with van der Waals surface area (Å²) in [7, 11) is 2.08. The van der Waals surface area contributed by atoms with E-state index in [1.165, 1.54) is 83.5 Å². The Bertz CT molecular complexity index is 479. The van der Waals surface area contributed by atoms with Crippen LogP contribution in [0.15, 0.2) is 0 Å². The zero-order valence-electron chi connectivity index (χ0n) is 22.0. The van der Waals surface area contributed by atoms with Crippen molar-refractivity contribution in [3.05, 3.63) is 0 Å². The first kappa shape index (κ1) is 29.7. The van der Waals surface area contributed by atoms with Crippen molar-refractivity contribution in [3.63, 3.8) is 0 Å². The molecule has 1 saturated heterocycles. The van der Waals surface area contributed by atoms with Crippen molar-refractivity contribution in [3.8, 4) is 0 Å². The van der Waals surface area contributed by atoms with Crippen LogP contribution >= 0.6 is 0 Å². The average Bonchev–Trinajstić information content (AvgIpc) is 2.81. The van der Waals surface area contributed by atoms with Gasteiger partial charge in [-0.2, -0.15) is 0 Å². The lowest BCUT2D eigenvalue weighted by Crippen LogP contribution is -2.50. The molecule has 1 aliphatic rings. The summed E-state index contributed by atoms with van der Waals surface area (Å²) in [5, 5.41) is 5.94. The lowest BCUT2D eigenvalue weighted by molar-refractivity contribution is -0.121. The predicted molar refractivity (Wildman–Crippen MR) is 140 cm³/mol. The van der Waals surface area contributed by atoms with Gasteiger partial charge >= 0.3 is 6.03 Å². The van der Waals surface area contributed by atoms with Crippen molar-refractivity contribution in [2.45, 2.75) is 116 Å². The van der Waals surface area contributed by atoms with Crippen LogP contribution < -0.4 is 10.6 Å². The van der Waals surface area contributed by atoms with Gasteiger partial charge in [-0.05, 0) is 19.9 Å². The first-order valence-corrected chi connectivity index (χ1v) is 14.1. The number of carbonyl (C=O) groups excluding carboxylic acids is 2. The fourth-order valence-corrected chi connectivity index (χ4v) is 4.38. The first-order valence-electron chi connectivity index (χ1n) is 14.1. The lowest BCUT2D eigenvalue weighted by atomic mass is 10.0. The van der Waals surface area contributed by atoms with Gasteiger partial charge < -0.3 is 20.4 Å². The molecule has 0 bridgehead atoms. The number of likely N-dealkylation sites (N-methyl/N-ethyl adjacent to an activating group) is 1. The highest BCUT2D eigenvalue weighted by Gasteiger charge is 2.18. The third-order valence-electron chi connectivity index (χ3n) is 6.75. The van der Waals surface area contributed by atoms with Gasteiger partial charge in [0.1, 0.15) is 0 Å². The van der Waals surface area contributed by atoms with E-state index >= 15 is 0 Å². The second-order valence-corrected chi connectivity index (χ2v) is 9.93. The Morgan fingerprint density at radius 3 is 1.58 bits per heavy atom. The van der Waals surface area contributed by atoms with Gasteiger partial charge in [0.15, 0.2) is 0 Å². The van der Waals surface area contributed by atoms with E-state index in [-0.39, 0.29) is 11.9 Å². The van der Waals surface area contributed by atoms with E-state index in [2.05, 4.69) is 29.5 Å². The maximum absolute atomic E-state index is 12.1. The molecule has 1 rings (SSSR count). The van der Waals surface area contributed by atoms with Gasteiger partial charge in [-0.15, -0.1) is 0 Å². The fraction of sp³-hybridized carbons (Fsp3) is 0.926. The number of rotatable bonds is 20. The lowest BCUT2D eigenvalue weighted by Gasteiger charge is -2.32. The largest absolute Gasteiger partial charge is 0.356 e. The fourth-order valence-electron chi connectivity index (χ4n) is 4.38. The van der Waals surface area contributed by atoms with Crippen molar-refractivity contribution in [2.24, 2.45) is 0 Å². The highest BCUT2D eigenvalue weighted by Crippen LogP contribution is 2.13. The van der Waals surface area contributed by atoms with E-state index in [4.69, 9.17) is 0 Å². The maximum atomic E-state index is 12.1. The summed E-state index contributed by atoms with van der Waals surface area (Å²) in [5.74, 6) is 0.148. The van der Waals surface area contributed by atoms with Crippen LogP contribution in [0.25, 0.3) is 0 Å². The minimum atomic E-state index is 0.0206. The smallest absolute Gasteiger partial charge is 0.317 e. The molecule has 0 unspecified atom stereocenters. The summed E-state index contributed by atoms with van der Waals surface area (Å²) in [6.07, 6.45) is 21.5. The highest BCUT2D eigenvalue weighted by atomic mass is 16.2. The standard InChI is InChI=1S/C27H54N4O2/c1-3-4-5-6-7-8-9-10-11-12-13-14-15-16-17-19-26(32)28-20-18-21-29-27(33)31-24-22-30(2)23-25-31/h3-25H2,1-2H3,(H,28,32)(H,29,33). The Morgan fingerprint density at radius 1 is 0.606 bits per heavy atom. The molecular formula is C27H54N4O2. The second kappa shape index (κ2) is 21.2. The van der Waals surface area contributed by atoms with Gasteiger partial charge in [0.05, 0.1) is 0 Å². The van der Waals surface area contributed by atoms with Crippen LogP contribution in [0.3, 0.4) is 0 Å². The van der Waals surface area contributed by atoms with E-state index in [9.17, 15) is 9.59 Å². The predicted octanol–water partition coefficient (Wildman–Crippen LogP) is 5.71. The first-order chi connectivity index (χ1) is 16.1. The average molecular weight is 467 g/mol. The summed E-state index contributed by atoms with van der Waals surface area (Å²) >= 11 is 0. The molecule has 2 N–H and O–H groups in total. The second-order valence-electron chi connectivity index (χ2n) is 9.93. The summed E-state index contributed by atoms with van der Waals surface area (Å²) in [6.45, 7) is 6.98. The van der Waals surface area contributed by atoms with Gasteiger partial charge in [0, 0.05) is 45.7 Å². The molecule has 0 saturated carbocycles. The number of carbonyl (C=O) groups is 2. The third kappa shape index (κ3) is 17.8. The molecule has 0 aliphatic carbocycles. The number of unbranched alkanes of at least 4 members (excludes halogenated alkanes) is 14. The summed E-state index contributed by atoms with van der Waals surface area (Å²) in [4.78, 5) is 28.1. The zero-order chi connectivity index (χ0) is 24.0. The number of hydrogen-bond acceptors (Lipinski definition) is 3. The number of urea groups is 1. The van der Waals surface area contributed by atoms with Crippen molar-refractivity contribution in [1.82, 2.24) is 20.4 Å². The molecule has 0 radical (unpaired) electrons. The Labute approximate surface area is 204 Å². The minimum absolute atomic E-state index is 0.0206. The van der Waals surface area contributed by atoms with Crippen molar-refractivity contribution in [2.75, 3.05) is 46.3 Å². The molecule has 6 nitrogen and oxygen atoms in total. The van der Waals surface area contributed by atoms with E-state index < -0.39 is 0 Å². The maximum Gasteiger partial charge on any atom is 0.317 e. The van der Waals surface area contributed by atoms with Gasteiger partial charge in [-0.3, -0.25) is 4.79 Å². The van der Waals surface area contributed by atoms with Crippen molar-refractivity contribution in [1.29, 1.82) is 0 Å². The van der Waals surface area contributed by atoms with E-state index in [0.717, 1.165) is 45.4 Å². The monoisotopic (exact) mass is 466 g/mol. The number of nitrogens with one attached hydrogen (secondary N) is 2. The molecule has 1 aliphatic heterocycles. The van der Waals surface area contributed by atoms with Crippen molar-refractivity contribution >= 4 is 11.9 Å². The molecule has 33 heavy (non-hydrogen) atoms. The van der Waals surface area contributed by atoms with Gasteiger partial charge in [-0.1, -0.05) is 96.8 Å². The zero-order valence-corrected chi connectivity index (χ0v) is 22.0. The Kier molecular flexibility index (Phi) is 19.1. The Hall–Kier alpha value is -1.30. The molecule has 6 heteroatoms. The van der Waals surface area contributed by atoms with Crippen LogP contribution in [0, 0.1) is 0 Å². The van der Waals surface area contributed by atoms with Crippen LogP contribution in [-0.2, 0) is 4.79 Å². The molecule has 0 aromatic heterocycles. The Morgan fingerprint density at radius 2 is 1.06 bits per heavy atom. The molecule has 0 spiro atoms. The van der Waals surface area contributed by atoms with Crippen LogP contribution in [-0.4, -0.2) is 68.1 Å². The third-order valence-corrected chi connectivity index (χ3v) is 6.75. The van der Waals surface area contributed by atoms with E-state index in [1.807, 2.05) is 4.90 Å². The summed E-state index contributed by atoms with van der Waals surface area (Å²) in [6, 6.07) is 0.0206. The SMILES string of the molecule is CCCCCCCCCCCCCCCCCC(=O)NCCCNC(=O)N1CCN(C)CC1. The van der Waals surface area contributed by atoms with Gasteiger partial charge in [0.25, 0.3) is 0 Å². The summed E-state index contributed by atoms with van der Waals surface area (Å²) in [5.41, 5.74) is 0. The number of hydrogen-bond donors (Lipinski definition) is 2. The number of nitrogens with zero attached hydrogens (tertiary/aromatic N) is 2. The summed E-state index contributed by atoms with van der Waals surface area (Å²) < 4.78 is 0. The number of amides is 3. The molecule has 0 atom stereocenters. The molecule has 3 amide bonds. The topological polar surface area (TPSA) is 64.7 Å². The van der Waals surface area contributed by atoms with Crippen LogP contribution in [0.4, 0.5) is 4.79 Å². The van der Waals surface area contributed by atoms with E-state index in [1.54, 1.807) is 0 Å². The molecule has 0 aromatic carbocycles. The highest BCUT2D eigenvalue weighted by molar-refractivity contribution is 5.76. The van der Waals surface area contributed by atoms with Crippen LogP contribution in [0.5, 0.6) is 0 Å².